The number of nitrogens with one attached hydrogen (secondary N) is 1. The Morgan fingerprint density at radius 3 is 2.35 bits per heavy atom. The maximum atomic E-state index is 12.8. The molecule has 1 aromatic heterocycles. The summed E-state index contributed by atoms with van der Waals surface area (Å²) in [5.41, 5.74) is 0.707. The lowest BCUT2D eigenvalue weighted by molar-refractivity contribution is -0.123. The van der Waals surface area contributed by atoms with E-state index in [-0.39, 0.29) is 5.91 Å². The normalized spacial score (nSPS) is 11.4. The zero-order chi connectivity index (χ0) is 18.4. The Morgan fingerprint density at radius 2 is 1.69 bits per heavy atom. The number of nitrogens with zero attached hydrogens (tertiary/aromatic N) is 1. The highest BCUT2D eigenvalue weighted by Gasteiger charge is 2.24. The van der Waals surface area contributed by atoms with Crippen LogP contribution in [0.1, 0.15) is 21.3 Å². The van der Waals surface area contributed by atoms with Gasteiger partial charge in [0.1, 0.15) is 10.6 Å². The predicted octanol–water partition coefficient (Wildman–Crippen LogP) is 3.69. The van der Waals surface area contributed by atoms with Crippen LogP contribution in [-0.4, -0.2) is 24.0 Å². The van der Waals surface area contributed by atoms with E-state index in [0.717, 1.165) is 11.3 Å². The van der Waals surface area contributed by atoms with Gasteiger partial charge in [-0.1, -0.05) is 59.9 Å². The number of carbonyl (C=O) groups excluding carboxylic acids is 2. The number of esters is 1. The molecule has 0 aliphatic heterocycles. The van der Waals surface area contributed by atoms with Crippen molar-refractivity contribution in [3.63, 3.8) is 0 Å². The molecule has 0 aliphatic carbocycles. The van der Waals surface area contributed by atoms with Gasteiger partial charge in [0.05, 0.1) is 13.3 Å². The fourth-order valence-corrected chi connectivity index (χ4v) is 2.97. The number of ether oxygens (including phenoxy) is 2. The number of rotatable bonds is 6. The van der Waals surface area contributed by atoms with Crippen LogP contribution < -0.4 is 10.1 Å². The average Bonchev–Trinajstić information content (AvgIpc) is 3.15. The van der Waals surface area contributed by atoms with Gasteiger partial charge >= 0.3 is 5.97 Å². The zero-order valence-corrected chi connectivity index (χ0v) is 14.7. The summed E-state index contributed by atoms with van der Waals surface area (Å²) in [7, 11) is 1.29. The Labute approximate surface area is 154 Å². The minimum Gasteiger partial charge on any atom is -0.476 e. The number of aromatic nitrogens is 1. The van der Waals surface area contributed by atoms with Gasteiger partial charge < -0.3 is 9.47 Å². The molecule has 0 bridgehead atoms. The highest BCUT2D eigenvalue weighted by atomic mass is 32.1. The van der Waals surface area contributed by atoms with E-state index in [1.54, 1.807) is 12.1 Å². The summed E-state index contributed by atoms with van der Waals surface area (Å²) < 4.78 is 10.5. The second-order valence-corrected chi connectivity index (χ2v) is 6.26. The van der Waals surface area contributed by atoms with E-state index < -0.39 is 12.1 Å². The number of methoxy groups -OCH3 is 1. The third-order valence-corrected chi connectivity index (χ3v) is 4.35. The molecule has 7 heteroatoms. The second-order valence-electron chi connectivity index (χ2n) is 5.23. The number of thiazole rings is 1. The van der Waals surface area contributed by atoms with Crippen molar-refractivity contribution in [2.75, 3.05) is 12.4 Å². The molecule has 3 rings (SSSR count). The third kappa shape index (κ3) is 4.25. The van der Waals surface area contributed by atoms with Crippen molar-refractivity contribution >= 4 is 28.3 Å². The van der Waals surface area contributed by atoms with Crippen molar-refractivity contribution < 1.29 is 19.1 Å². The molecule has 26 heavy (non-hydrogen) atoms. The van der Waals surface area contributed by atoms with E-state index in [2.05, 4.69) is 15.0 Å². The average molecular weight is 368 g/mol. The Morgan fingerprint density at radius 1 is 1.04 bits per heavy atom. The van der Waals surface area contributed by atoms with Gasteiger partial charge in [0.15, 0.2) is 5.13 Å². The number of amides is 1. The molecule has 0 aliphatic rings. The number of hydrogen-bond donors (Lipinski definition) is 1. The first kappa shape index (κ1) is 17.6. The summed E-state index contributed by atoms with van der Waals surface area (Å²) in [6.07, 6.45) is 0.505. The van der Waals surface area contributed by atoms with E-state index in [0.29, 0.717) is 21.3 Å². The summed E-state index contributed by atoms with van der Waals surface area (Å²) in [4.78, 5) is 28.6. The highest BCUT2D eigenvalue weighted by molar-refractivity contribution is 7.17. The van der Waals surface area contributed by atoms with Crippen molar-refractivity contribution in [2.45, 2.75) is 6.10 Å². The molecule has 0 radical (unpaired) electrons. The van der Waals surface area contributed by atoms with Gasteiger partial charge in [-0.3, -0.25) is 10.1 Å². The first-order valence-electron chi connectivity index (χ1n) is 7.79. The molecule has 0 saturated heterocycles. The number of carbonyl (C=O) groups is 2. The molecule has 1 amide bonds. The molecule has 1 heterocycles. The van der Waals surface area contributed by atoms with Crippen LogP contribution in [0.25, 0.3) is 0 Å². The summed E-state index contributed by atoms with van der Waals surface area (Å²) in [6, 6.07) is 18.3. The van der Waals surface area contributed by atoms with E-state index in [4.69, 9.17) is 4.74 Å². The summed E-state index contributed by atoms with van der Waals surface area (Å²) in [6.45, 7) is 0. The van der Waals surface area contributed by atoms with Crippen LogP contribution in [0.2, 0.25) is 0 Å². The van der Waals surface area contributed by atoms with Crippen molar-refractivity contribution in [1.29, 1.82) is 0 Å². The molecule has 0 fully saturated rings. The fourth-order valence-electron chi connectivity index (χ4n) is 2.23. The van der Waals surface area contributed by atoms with Gasteiger partial charge in [-0.15, -0.1) is 0 Å². The minimum atomic E-state index is -0.857. The molecular formula is C19H16N2O4S. The molecule has 2 aromatic carbocycles. The number of para-hydroxylation sites is 1. The van der Waals surface area contributed by atoms with Crippen LogP contribution in [0.15, 0.2) is 66.9 Å². The van der Waals surface area contributed by atoms with E-state index in [1.807, 2.05) is 48.5 Å². The van der Waals surface area contributed by atoms with Crippen LogP contribution in [-0.2, 0) is 9.53 Å². The molecule has 132 valence electrons. The summed E-state index contributed by atoms with van der Waals surface area (Å²) in [5, 5.41) is 2.99. The van der Waals surface area contributed by atoms with Crippen LogP contribution in [0, 0.1) is 0 Å². The van der Waals surface area contributed by atoms with Crippen LogP contribution in [0.5, 0.6) is 5.75 Å². The maximum absolute atomic E-state index is 12.8. The molecule has 0 saturated carbocycles. The van der Waals surface area contributed by atoms with Crippen LogP contribution in [0.4, 0.5) is 5.13 Å². The lowest BCUT2D eigenvalue weighted by Crippen LogP contribution is -2.25. The van der Waals surface area contributed by atoms with Crippen LogP contribution in [0.3, 0.4) is 0 Å². The molecular weight excluding hydrogens is 352 g/mol. The largest absolute Gasteiger partial charge is 0.476 e. The van der Waals surface area contributed by atoms with Crippen molar-refractivity contribution in [2.24, 2.45) is 0 Å². The maximum Gasteiger partial charge on any atom is 0.349 e. The van der Waals surface area contributed by atoms with E-state index >= 15 is 0 Å². The van der Waals surface area contributed by atoms with Gasteiger partial charge in [-0.25, -0.2) is 9.78 Å². The SMILES string of the molecule is COC(=O)c1cnc(NC(=O)C(Oc2ccccc2)c2ccccc2)s1. The molecule has 1 atom stereocenters. The van der Waals surface area contributed by atoms with Gasteiger partial charge in [-0.05, 0) is 12.1 Å². The Kier molecular flexibility index (Phi) is 5.60. The monoisotopic (exact) mass is 368 g/mol. The molecule has 6 nitrogen and oxygen atoms in total. The fraction of sp³-hybridized carbons (Fsp3) is 0.105. The summed E-state index contributed by atoms with van der Waals surface area (Å²) >= 11 is 1.04. The number of hydrogen-bond acceptors (Lipinski definition) is 6. The lowest BCUT2D eigenvalue weighted by atomic mass is 10.1. The molecule has 1 unspecified atom stereocenters. The van der Waals surface area contributed by atoms with Crippen molar-refractivity contribution in [1.82, 2.24) is 4.98 Å². The van der Waals surface area contributed by atoms with Gasteiger partial charge in [0.2, 0.25) is 6.10 Å². The molecule has 1 N–H and O–H groups in total. The Balaban J connectivity index is 1.81. The standard InChI is InChI=1S/C19H16N2O4S/c1-24-18(23)15-12-20-19(26-15)21-17(22)16(13-8-4-2-5-9-13)25-14-10-6-3-7-11-14/h2-12,16H,1H3,(H,20,21,22). The first-order valence-corrected chi connectivity index (χ1v) is 8.60. The zero-order valence-electron chi connectivity index (χ0n) is 13.9. The van der Waals surface area contributed by atoms with Crippen molar-refractivity contribution in [3.05, 3.63) is 77.3 Å². The number of anilines is 1. The van der Waals surface area contributed by atoms with Gasteiger partial charge in [0.25, 0.3) is 5.91 Å². The van der Waals surface area contributed by atoms with Crippen molar-refractivity contribution in [3.8, 4) is 5.75 Å². The van der Waals surface area contributed by atoms with E-state index in [1.165, 1.54) is 13.3 Å². The minimum absolute atomic E-state index is 0.299. The van der Waals surface area contributed by atoms with E-state index in [9.17, 15) is 9.59 Å². The molecule has 0 spiro atoms. The molecule has 3 aromatic rings. The van der Waals surface area contributed by atoms with Gasteiger partial charge in [0, 0.05) is 5.56 Å². The second kappa shape index (κ2) is 8.26. The van der Waals surface area contributed by atoms with Crippen LogP contribution >= 0.6 is 11.3 Å². The first-order chi connectivity index (χ1) is 12.7. The Bertz CT molecular complexity index is 881. The Hall–Kier alpha value is -3.19. The predicted molar refractivity (Wildman–Crippen MR) is 98.3 cm³/mol. The summed E-state index contributed by atoms with van der Waals surface area (Å²) in [5.74, 6) is -0.306. The smallest absolute Gasteiger partial charge is 0.349 e. The topological polar surface area (TPSA) is 77.5 Å². The number of benzene rings is 2. The third-order valence-electron chi connectivity index (χ3n) is 3.46. The van der Waals surface area contributed by atoms with Gasteiger partial charge in [-0.2, -0.15) is 0 Å². The quantitative estimate of drug-likeness (QED) is 0.672. The highest BCUT2D eigenvalue weighted by Crippen LogP contribution is 2.25. The lowest BCUT2D eigenvalue weighted by Gasteiger charge is -2.18.